The highest BCUT2D eigenvalue weighted by molar-refractivity contribution is 6.35. The van der Waals surface area contributed by atoms with Gasteiger partial charge in [-0.25, -0.2) is 4.39 Å². The topological polar surface area (TPSA) is 30.5 Å². The van der Waals surface area contributed by atoms with E-state index >= 15 is 0 Å². The van der Waals surface area contributed by atoms with E-state index in [9.17, 15) is 4.39 Å². The van der Waals surface area contributed by atoms with E-state index in [1.807, 2.05) is 12.1 Å². The molecule has 3 rings (SSSR count). The summed E-state index contributed by atoms with van der Waals surface area (Å²) in [5.74, 6) is 0.726. The Balaban J connectivity index is 0.00000320. The van der Waals surface area contributed by atoms with Crippen molar-refractivity contribution in [2.45, 2.75) is 19.7 Å². The van der Waals surface area contributed by atoms with Crippen molar-refractivity contribution < 1.29 is 13.9 Å². The van der Waals surface area contributed by atoms with E-state index in [1.165, 1.54) is 12.1 Å². The maximum atomic E-state index is 13.0. The quantitative estimate of drug-likeness (QED) is 0.365. The van der Waals surface area contributed by atoms with Crippen LogP contribution in [-0.2, 0) is 19.7 Å². The first-order valence-corrected chi connectivity index (χ1v) is 9.98. The first-order chi connectivity index (χ1) is 14.0. The van der Waals surface area contributed by atoms with Gasteiger partial charge in [0.05, 0.1) is 12.1 Å². The molecule has 3 aromatic rings. The number of ether oxygens (including phenoxy) is 2. The fourth-order valence-electron chi connectivity index (χ4n) is 2.76. The molecule has 30 heavy (non-hydrogen) atoms. The van der Waals surface area contributed by atoms with Gasteiger partial charge < -0.3 is 14.8 Å². The number of halogens is 5. The molecule has 0 radical (unpaired) electrons. The van der Waals surface area contributed by atoms with Crippen LogP contribution in [0, 0.1) is 5.82 Å². The van der Waals surface area contributed by atoms with Gasteiger partial charge in [0.15, 0.2) is 11.5 Å². The molecule has 160 valence electrons. The van der Waals surface area contributed by atoms with Crippen LogP contribution in [0.1, 0.15) is 16.7 Å². The molecule has 1 N–H and O–H groups in total. The van der Waals surface area contributed by atoms with Crippen molar-refractivity contribution in [3.05, 3.63) is 92.2 Å². The van der Waals surface area contributed by atoms with Crippen molar-refractivity contribution in [1.29, 1.82) is 0 Å². The van der Waals surface area contributed by atoms with Crippen molar-refractivity contribution in [3.8, 4) is 11.5 Å². The molecule has 0 amide bonds. The van der Waals surface area contributed by atoms with Gasteiger partial charge in [-0.05, 0) is 47.5 Å². The third-order valence-electron chi connectivity index (χ3n) is 4.25. The van der Waals surface area contributed by atoms with E-state index in [4.69, 9.17) is 44.3 Å². The summed E-state index contributed by atoms with van der Waals surface area (Å²) in [4.78, 5) is 0. The first kappa shape index (κ1) is 24.6. The van der Waals surface area contributed by atoms with Crippen LogP contribution < -0.4 is 14.8 Å². The minimum atomic E-state index is -0.249. The molecule has 0 bridgehead atoms. The molecule has 3 aromatic carbocycles. The molecule has 3 nitrogen and oxygen atoms in total. The number of methoxy groups -OCH3 is 1. The molecule has 0 atom stereocenters. The average molecular weight is 491 g/mol. The predicted octanol–water partition coefficient (Wildman–Crippen LogP) is 7.09. The average Bonchev–Trinajstić information content (AvgIpc) is 2.69. The van der Waals surface area contributed by atoms with Crippen LogP contribution in [0.25, 0.3) is 0 Å². The van der Waals surface area contributed by atoms with Crippen LogP contribution in [0.15, 0.2) is 54.6 Å². The standard InChI is InChI=1S/C22H19Cl3FNO2.ClH/c1-28-21-9-15(12-27-11-14-2-6-18(26)7-3-14)8-20(25)22(21)29-13-16-4-5-17(23)10-19(16)24;/h2-10,27H,11-13H2,1H3;1H. The number of benzene rings is 3. The summed E-state index contributed by atoms with van der Waals surface area (Å²) in [6.07, 6.45) is 0. The van der Waals surface area contributed by atoms with E-state index in [-0.39, 0.29) is 24.8 Å². The third-order valence-corrected chi connectivity index (χ3v) is 5.12. The van der Waals surface area contributed by atoms with Gasteiger partial charge in [0.2, 0.25) is 0 Å². The Kier molecular flexibility index (Phi) is 9.53. The molecule has 0 fully saturated rings. The minimum absolute atomic E-state index is 0. The second-order valence-electron chi connectivity index (χ2n) is 6.36. The molecular formula is C22H20Cl4FNO2. The van der Waals surface area contributed by atoms with Crippen LogP contribution in [0.3, 0.4) is 0 Å². The molecule has 0 unspecified atom stereocenters. The Bertz CT molecular complexity index is 984. The summed E-state index contributed by atoms with van der Waals surface area (Å²) < 4.78 is 24.3. The lowest BCUT2D eigenvalue weighted by molar-refractivity contribution is 0.284. The maximum absolute atomic E-state index is 13.0. The first-order valence-electron chi connectivity index (χ1n) is 8.84. The fraction of sp³-hybridized carbons (Fsp3) is 0.182. The van der Waals surface area contributed by atoms with Crippen molar-refractivity contribution in [2.24, 2.45) is 0 Å². The lowest BCUT2D eigenvalue weighted by atomic mass is 10.1. The molecule has 0 aliphatic heterocycles. The van der Waals surface area contributed by atoms with E-state index in [2.05, 4.69) is 5.32 Å². The Morgan fingerprint density at radius 3 is 2.23 bits per heavy atom. The highest BCUT2D eigenvalue weighted by Gasteiger charge is 2.13. The summed E-state index contributed by atoms with van der Waals surface area (Å²) in [6.45, 7) is 1.40. The summed E-state index contributed by atoms with van der Waals surface area (Å²) in [5, 5.41) is 4.82. The van der Waals surface area contributed by atoms with Gasteiger partial charge >= 0.3 is 0 Å². The highest BCUT2D eigenvalue weighted by atomic mass is 35.5. The fourth-order valence-corrected chi connectivity index (χ4v) is 3.51. The Labute approximate surface area is 196 Å². The lowest BCUT2D eigenvalue weighted by Crippen LogP contribution is -2.13. The Hall–Kier alpha value is -1.69. The van der Waals surface area contributed by atoms with Crippen LogP contribution in [0.2, 0.25) is 15.1 Å². The van der Waals surface area contributed by atoms with Crippen molar-refractivity contribution in [2.75, 3.05) is 7.11 Å². The zero-order valence-electron chi connectivity index (χ0n) is 16.1. The zero-order chi connectivity index (χ0) is 20.8. The zero-order valence-corrected chi connectivity index (χ0v) is 19.1. The van der Waals surface area contributed by atoms with Gasteiger partial charge in [0.25, 0.3) is 0 Å². The van der Waals surface area contributed by atoms with E-state index in [0.717, 1.165) is 16.7 Å². The summed E-state index contributed by atoms with van der Waals surface area (Å²) >= 11 is 18.5. The van der Waals surface area contributed by atoms with Crippen LogP contribution in [0.5, 0.6) is 11.5 Å². The second kappa shape index (κ2) is 11.6. The van der Waals surface area contributed by atoms with Gasteiger partial charge in [0, 0.05) is 28.7 Å². The number of rotatable bonds is 8. The molecule has 0 aliphatic rings. The number of hydrogen-bond donors (Lipinski definition) is 1. The van der Waals surface area contributed by atoms with Crippen LogP contribution in [-0.4, -0.2) is 7.11 Å². The largest absolute Gasteiger partial charge is 0.493 e. The SMILES string of the molecule is COc1cc(CNCc2ccc(F)cc2)cc(Cl)c1OCc1ccc(Cl)cc1Cl.Cl. The summed E-state index contributed by atoms with van der Waals surface area (Å²) in [7, 11) is 1.56. The van der Waals surface area contributed by atoms with Gasteiger partial charge in [-0.2, -0.15) is 0 Å². The summed E-state index contributed by atoms with van der Waals surface area (Å²) in [5.41, 5.74) is 2.72. The Morgan fingerprint density at radius 2 is 1.57 bits per heavy atom. The highest BCUT2D eigenvalue weighted by Crippen LogP contribution is 2.37. The molecule has 0 aliphatic carbocycles. The molecule has 8 heteroatoms. The maximum Gasteiger partial charge on any atom is 0.180 e. The van der Waals surface area contributed by atoms with Gasteiger partial charge in [-0.15, -0.1) is 12.4 Å². The molecule has 0 aromatic heterocycles. The Morgan fingerprint density at radius 1 is 0.867 bits per heavy atom. The van der Waals surface area contributed by atoms with Crippen molar-refractivity contribution in [1.82, 2.24) is 5.32 Å². The molecule has 0 saturated heterocycles. The monoisotopic (exact) mass is 489 g/mol. The third kappa shape index (κ3) is 6.66. The lowest BCUT2D eigenvalue weighted by Gasteiger charge is -2.15. The van der Waals surface area contributed by atoms with Crippen molar-refractivity contribution in [3.63, 3.8) is 0 Å². The smallest absolute Gasteiger partial charge is 0.180 e. The van der Waals surface area contributed by atoms with E-state index in [1.54, 1.807) is 37.4 Å². The van der Waals surface area contributed by atoms with Crippen molar-refractivity contribution >= 4 is 47.2 Å². The minimum Gasteiger partial charge on any atom is -0.493 e. The second-order valence-corrected chi connectivity index (χ2v) is 7.61. The van der Waals surface area contributed by atoms with Gasteiger partial charge in [0.1, 0.15) is 12.4 Å². The summed E-state index contributed by atoms with van der Waals surface area (Å²) in [6, 6.07) is 15.3. The molecule has 0 spiro atoms. The van der Waals surface area contributed by atoms with Crippen LogP contribution >= 0.6 is 47.2 Å². The van der Waals surface area contributed by atoms with Crippen LogP contribution in [0.4, 0.5) is 4.39 Å². The number of hydrogen-bond acceptors (Lipinski definition) is 3. The molecular weight excluding hydrogens is 471 g/mol. The molecule has 0 saturated carbocycles. The van der Waals surface area contributed by atoms with E-state index < -0.39 is 0 Å². The normalized spacial score (nSPS) is 10.4. The predicted molar refractivity (Wildman–Crippen MR) is 123 cm³/mol. The number of nitrogens with one attached hydrogen (secondary N) is 1. The van der Waals surface area contributed by atoms with Gasteiger partial charge in [-0.3, -0.25) is 0 Å². The molecule has 0 heterocycles. The van der Waals surface area contributed by atoms with Gasteiger partial charge in [-0.1, -0.05) is 53.0 Å². The van der Waals surface area contributed by atoms with E-state index in [0.29, 0.717) is 39.7 Å².